The van der Waals surface area contributed by atoms with Crippen molar-refractivity contribution in [2.45, 2.75) is 13.1 Å². The fraction of sp³-hybridized carbons (Fsp3) is 0.214. The summed E-state index contributed by atoms with van der Waals surface area (Å²) in [6.45, 7) is 1.81. The van der Waals surface area contributed by atoms with Crippen LogP contribution in [0.25, 0.3) is 0 Å². The topological polar surface area (TPSA) is 53.1 Å². The Bertz CT molecular complexity index is 562. The first-order chi connectivity index (χ1) is 9.04. The van der Waals surface area contributed by atoms with Gasteiger partial charge in [-0.05, 0) is 45.6 Å². The zero-order valence-corrected chi connectivity index (χ0v) is 13.1. The van der Waals surface area contributed by atoms with Crippen molar-refractivity contribution in [2.24, 2.45) is 5.73 Å². The van der Waals surface area contributed by atoms with E-state index in [1.165, 1.54) is 14.9 Å². The predicted octanol–water partition coefficient (Wildman–Crippen LogP) is 3.43. The Balaban J connectivity index is 1.94. The van der Waals surface area contributed by atoms with Gasteiger partial charge in [-0.3, -0.25) is 10.3 Å². The molecule has 0 amide bonds. The molecule has 2 rings (SSSR count). The van der Waals surface area contributed by atoms with Crippen molar-refractivity contribution in [3.05, 3.63) is 56.2 Å². The number of nitrogen functional groups attached to an aromatic ring is 1. The molecule has 0 saturated heterocycles. The second kappa shape index (κ2) is 6.32. The van der Waals surface area contributed by atoms with E-state index < -0.39 is 0 Å². The Hall–Kier alpha value is -1.17. The molecule has 0 aliphatic heterocycles. The average molecular weight is 338 g/mol. The van der Waals surface area contributed by atoms with Crippen LogP contribution in [0, 0.1) is 5.41 Å². The number of halogens is 1. The van der Waals surface area contributed by atoms with Gasteiger partial charge in [-0.2, -0.15) is 0 Å². The van der Waals surface area contributed by atoms with Gasteiger partial charge in [0.1, 0.15) is 5.84 Å². The summed E-state index contributed by atoms with van der Waals surface area (Å²) in [6.07, 6.45) is 0. The van der Waals surface area contributed by atoms with Crippen LogP contribution in [-0.4, -0.2) is 17.8 Å². The number of nitrogens with one attached hydrogen (secondary N) is 1. The van der Waals surface area contributed by atoms with E-state index >= 15 is 0 Å². The maximum atomic E-state index is 7.36. The fourth-order valence-electron chi connectivity index (χ4n) is 1.90. The lowest BCUT2D eigenvalue weighted by Crippen LogP contribution is -2.17. The van der Waals surface area contributed by atoms with E-state index in [9.17, 15) is 0 Å². The summed E-state index contributed by atoms with van der Waals surface area (Å²) in [7, 11) is 2.10. The highest BCUT2D eigenvalue weighted by Crippen LogP contribution is 2.21. The standard InChI is InChI=1S/C14H16BrN3S/c1-18(8-11-6-13(15)19-9-11)7-10-2-4-12(5-3-10)14(16)17/h2-6,9H,7-8H2,1H3,(H3,16,17). The lowest BCUT2D eigenvalue weighted by atomic mass is 10.1. The van der Waals surface area contributed by atoms with Crippen LogP contribution in [-0.2, 0) is 13.1 Å². The second-order valence-electron chi connectivity index (χ2n) is 4.54. The lowest BCUT2D eigenvalue weighted by molar-refractivity contribution is 0.319. The molecule has 100 valence electrons. The Labute approximate surface area is 125 Å². The van der Waals surface area contributed by atoms with E-state index in [0.717, 1.165) is 18.7 Å². The molecule has 19 heavy (non-hydrogen) atoms. The monoisotopic (exact) mass is 337 g/mol. The van der Waals surface area contributed by atoms with Crippen LogP contribution < -0.4 is 5.73 Å². The van der Waals surface area contributed by atoms with E-state index in [1.807, 2.05) is 24.3 Å². The van der Waals surface area contributed by atoms with E-state index in [2.05, 4.69) is 39.3 Å². The highest BCUT2D eigenvalue weighted by atomic mass is 79.9. The molecule has 5 heteroatoms. The molecular weight excluding hydrogens is 322 g/mol. The summed E-state index contributed by atoms with van der Waals surface area (Å²) in [5.74, 6) is 0.114. The third-order valence-electron chi connectivity index (χ3n) is 2.79. The number of nitrogens with zero attached hydrogens (tertiary/aromatic N) is 1. The summed E-state index contributed by atoms with van der Waals surface area (Å²) >= 11 is 5.19. The molecule has 0 unspecified atom stereocenters. The summed E-state index contributed by atoms with van der Waals surface area (Å²) in [5.41, 5.74) is 8.75. The second-order valence-corrected chi connectivity index (χ2v) is 6.83. The highest BCUT2D eigenvalue weighted by Gasteiger charge is 2.04. The molecule has 0 radical (unpaired) electrons. The molecule has 3 N–H and O–H groups in total. The SMILES string of the molecule is CN(Cc1ccc(C(=N)N)cc1)Cc1csc(Br)c1. The Morgan fingerprint density at radius 3 is 2.42 bits per heavy atom. The van der Waals surface area contributed by atoms with Crippen LogP contribution >= 0.6 is 27.3 Å². The summed E-state index contributed by atoms with van der Waals surface area (Å²) < 4.78 is 1.17. The van der Waals surface area contributed by atoms with Crippen LogP contribution in [0.5, 0.6) is 0 Å². The average Bonchev–Trinajstić information content (AvgIpc) is 2.75. The molecule has 2 aromatic rings. The highest BCUT2D eigenvalue weighted by molar-refractivity contribution is 9.11. The molecule has 0 aliphatic carbocycles. The van der Waals surface area contributed by atoms with Crippen LogP contribution in [0.3, 0.4) is 0 Å². The Kier molecular flexibility index (Phi) is 4.74. The van der Waals surface area contributed by atoms with Crippen molar-refractivity contribution < 1.29 is 0 Å². The van der Waals surface area contributed by atoms with E-state index in [0.29, 0.717) is 0 Å². The predicted molar refractivity (Wildman–Crippen MR) is 84.6 cm³/mol. The third kappa shape index (κ3) is 4.16. The minimum Gasteiger partial charge on any atom is -0.384 e. The summed E-state index contributed by atoms with van der Waals surface area (Å²) in [6, 6.07) is 9.99. The van der Waals surface area contributed by atoms with Gasteiger partial charge >= 0.3 is 0 Å². The van der Waals surface area contributed by atoms with Crippen molar-refractivity contribution in [1.82, 2.24) is 4.90 Å². The quantitative estimate of drug-likeness (QED) is 0.648. The molecule has 0 fully saturated rings. The van der Waals surface area contributed by atoms with Crippen molar-refractivity contribution in [2.75, 3.05) is 7.05 Å². The van der Waals surface area contributed by atoms with Gasteiger partial charge in [-0.15, -0.1) is 11.3 Å². The van der Waals surface area contributed by atoms with Gasteiger partial charge < -0.3 is 5.73 Å². The van der Waals surface area contributed by atoms with Crippen LogP contribution in [0.1, 0.15) is 16.7 Å². The number of thiophene rings is 1. The van der Waals surface area contributed by atoms with Crippen LogP contribution in [0.2, 0.25) is 0 Å². The molecule has 1 heterocycles. The van der Waals surface area contributed by atoms with Gasteiger partial charge in [-0.25, -0.2) is 0 Å². The fourth-order valence-corrected chi connectivity index (χ4v) is 3.10. The van der Waals surface area contributed by atoms with Gasteiger partial charge in [0.05, 0.1) is 3.79 Å². The zero-order valence-electron chi connectivity index (χ0n) is 10.7. The number of amidine groups is 1. The van der Waals surface area contributed by atoms with Gasteiger partial charge in [0, 0.05) is 18.7 Å². The van der Waals surface area contributed by atoms with Gasteiger partial charge in [0.25, 0.3) is 0 Å². The largest absolute Gasteiger partial charge is 0.384 e. The first-order valence-electron chi connectivity index (χ1n) is 5.89. The lowest BCUT2D eigenvalue weighted by Gasteiger charge is -2.16. The van der Waals surface area contributed by atoms with Gasteiger partial charge in [-0.1, -0.05) is 24.3 Å². The molecule has 0 saturated carbocycles. The van der Waals surface area contributed by atoms with Crippen molar-refractivity contribution in [3.8, 4) is 0 Å². The number of benzene rings is 1. The molecule has 1 aromatic heterocycles. The minimum atomic E-state index is 0.114. The molecule has 0 aliphatic rings. The van der Waals surface area contributed by atoms with E-state index in [-0.39, 0.29) is 5.84 Å². The van der Waals surface area contributed by atoms with E-state index in [1.54, 1.807) is 11.3 Å². The molecule has 3 nitrogen and oxygen atoms in total. The first kappa shape index (κ1) is 14.2. The Morgan fingerprint density at radius 1 is 1.26 bits per heavy atom. The summed E-state index contributed by atoms with van der Waals surface area (Å²) in [5, 5.41) is 9.53. The molecule has 0 bridgehead atoms. The number of hydrogen-bond donors (Lipinski definition) is 2. The van der Waals surface area contributed by atoms with Crippen molar-refractivity contribution in [1.29, 1.82) is 5.41 Å². The molecule has 0 spiro atoms. The molecule has 0 atom stereocenters. The maximum absolute atomic E-state index is 7.36. The minimum absolute atomic E-state index is 0.114. The normalized spacial score (nSPS) is 10.9. The zero-order chi connectivity index (χ0) is 13.8. The molecular formula is C14H16BrN3S. The van der Waals surface area contributed by atoms with Gasteiger partial charge in [0.2, 0.25) is 0 Å². The van der Waals surface area contributed by atoms with Crippen LogP contribution in [0.15, 0.2) is 39.5 Å². The number of hydrogen-bond acceptors (Lipinski definition) is 3. The van der Waals surface area contributed by atoms with Crippen LogP contribution in [0.4, 0.5) is 0 Å². The Morgan fingerprint density at radius 2 is 1.89 bits per heavy atom. The first-order valence-corrected chi connectivity index (χ1v) is 7.56. The number of nitrogens with two attached hydrogens (primary N) is 1. The van der Waals surface area contributed by atoms with Crippen molar-refractivity contribution in [3.63, 3.8) is 0 Å². The van der Waals surface area contributed by atoms with E-state index in [4.69, 9.17) is 11.1 Å². The summed E-state index contributed by atoms with van der Waals surface area (Å²) in [4.78, 5) is 2.26. The smallest absolute Gasteiger partial charge is 0.122 e. The van der Waals surface area contributed by atoms with Gasteiger partial charge in [0.15, 0.2) is 0 Å². The van der Waals surface area contributed by atoms with Crippen molar-refractivity contribution >= 4 is 33.1 Å². The number of rotatable bonds is 5. The maximum Gasteiger partial charge on any atom is 0.122 e. The third-order valence-corrected chi connectivity index (χ3v) is 4.34. The molecule has 1 aromatic carbocycles.